The Morgan fingerprint density at radius 1 is 1.21 bits per heavy atom. The molecule has 2 aromatic carbocycles. The van der Waals surface area contributed by atoms with Crippen molar-refractivity contribution < 1.29 is 19.4 Å². The van der Waals surface area contributed by atoms with E-state index in [1.165, 1.54) is 23.9 Å². The third-order valence-electron chi connectivity index (χ3n) is 2.48. The van der Waals surface area contributed by atoms with Crippen LogP contribution in [0.2, 0.25) is 0 Å². The van der Waals surface area contributed by atoms with Gasteiger partial charge in [0.15, 0.2) is 0 Å². The molecule has 0 bridgehead atoms. The minimum Gasteiger partial charge on any atom is -0.508 e. The first kappa shape index (κ1) is 13.4. The van der Waals surface area contributed by atoms with E-state index in [9.17, 15) is 14.3 Å². The number of halogens is 1. The summed E-state index contributed by atoms with van der Waals surface area (Å²) in [7, 11) is 0. The fourth-order valence-electron chi connectivity index (χ4n) is 1.55. The van der Waals surface area contributed by atoms with Gasteiger partial charge in [0.1, 0.15) is 11.6 Å². The monoisotopic (exact) mass is 278 g/mol. The molecule has 0 radical (unpaired) electrons. The van der Waals surface area contributed by atoms with Gasteiger partial charge >= 0.3 is 5.97 Å². The topological polar surface area (TPSA) is 57.5 Å². The average Bonchev–Trinajstić information content (AvgIpc) is 2.37. The molecule has 0 spiro atoms. The molecule has 5 heteroatoms. The zero-order valence-electron chi connectivity index (χ0n) is 9.84. The summed E-state index contributed by atoms with van der Waals surface area (Å²) in [6.07, 6.45) is 0. The first-order valence-electron chi connectivity index (χ1n) is 5.50. The van der Waals surface area contributed by atoms with E-state index >= 15 is 0 Å². The highest BCUT2D eigenvalue weighted by Gasteiger charge is 2.09. The van der Waals surface area contributed by atoms with Gasteiger partial charge in [0.2, 0.25) is 0 Å². The molecule has 0 saturated carbocycles. The van der Waals surface area contributed by atoms with Crippen molar-refractivity contribution in [3.8, 4) is 5.75 Å². The van der Waals surface area contributed by atoms with E-state index in [1.54, 1.807) is 18.2 Å². The summed E-state index contributed by atoms with van der Waals surface area (Å²) in [5.41, 5.74) is 0.893. The molecular weight excluding hydrogens is 267 g/mol. The molecule has 2 N–H and O–H groups in total. The van der Waals surface area contributed by atoms with E-state index in [-0.39, 0.29) is 16.2 Å². The highest BCUT2D eigenvalue weighted by molar-refractivity contribution is 7.98. The number of benzene rings is 2. The molecule has 0 amide bonds. The number of carboxylic acids is 1. The lowest BCUT2D eigenvalue weighted by Gasteiger charge is -2.05. The highest BCUT2D eigenvalue weighted by Crippen LogP contribution is 2.27. The molecule has 0 atom stereocenters. The van der Waals surface area contributed by atoms with Crippen LogP contribution in [-0.4, -0.2) is 16.2 Å². The second-order valence-electron chi connectivity index (χ2n) is 3.91. The molecular formula is C14H11FO3S. The number of rotatable bonds is 4. The van der Waals surface area contributed by atoms with Gasteiger partial charge in [-0.2, -0.15) is 0 Å². The normalized spacial score (nSPS) is 10.4. The summed E-state index contributed by atoms with van der Waals surface area (Å²) in [6.45, 7) is 0. The maximum atomic E-state index is 13.6. The zero-order valence-corrected chi connectivity index (χ0v) is 10.7. The van der Waals surface area contributed by atoms with Crippen molar-refractivity contribution in [1.29, 1.82) is 0 Å². The molecule has 2 rings (SSSR count). The number of hydrogen-bond acceptors (Lipinski definition) is 3. The largest absolute Gasteiger partial charge is 0.508 e. The Bertz CT molecular complexity index is 613. The molecule has 0 saturated heterocycles. The molecule has 0 aliphatic rings. The third-order valence-corrected chi connectivity index (χ3v) is 3.58. The van der Waals surface area contributed by atoms with Crippen molar-refractivity contribution in [3.63, 3.8) is 0 Å². The molecule has 0 aliphatic carbocycles. The summed E-state index contributed by atoms with van der Waals surface area (Å²) in [5, 5.41) is 18.2. The van der Waals surface area contributed by atoms with Crippen molar-refractivity contribution in [2.24, 2.45) is 0 Å². The van der Waals surface area contributed by atoms with Crippen molar-refractivity contribution in [2.45, 2.75) is 10.6 Å². The number of phenolic OH excluding ortho intramolecular Hbond substituents is 1. The molecule has 0 fully saturated rings. The van der Waals surface area contributed by atoms with Crippen LogP contribution in [-0.2, 0) is 5.75 Å². The Hall–Kier alpha value is -2.01. The Morgan fingerprint density at radius 3 is 2.68 bits per heavy atom. The van der Waals surface area contributed by atoms with E-state index in [4.69, 9.17) is 5.11 Å². The number of hydrogen-bond donors (Lipinski definition) is 2. The van der Waals surface area contributed by atoms with Crippen molar-refractivity contribution in [1.82, 2.24) is 0 Å². The van der Waals surface area contributed by atoms with Crippen LogP contribution in [0, 0.1) is 5.82 Å². The molecule has 19 heavy (non-hydrogen) atoms. The van der Waals surface area contributed by atoms with Crippen LogP contribution in [0.3, 0.4) is 0 Å². The first-order valence-corrected chi connectivity index (χ1v) is 6.48. The second kappa shape index (κ2) is 5.75. The van der Waals surface area contributed by atoms with Gasteiger partial charge in [-0.15, -0.1) is 11.8 Å². The molecule has 0 aliphatic heterocycles. The van der Waals surface area contributed by atoms with E-state index < -0.39 is 11.8 Å². The van der Waals surface area contributed by atoms with E-state index in [0.29, 0.717) is 5.75 Å². The van der Waals surface area contributed by atoms with Gasteiger partial charge in [0.25, 0.3) is 0 Å². The van der Waals surface area contributed by atoms with Gasteiger partial charge in [-0.3, -0.25) is 0 Å². The quantitative estimate of drug-likeness (QED) is 0.840. The number of aromatic hydroxyl groups is 1. The highest BCUT2D eigenvalue weighted by atomic mass is 32.2. The van der Waals surface area contributed by atoms with Gasteiger partial charge in [0.05, 0.1) is 5.56 Å². The summed E-state index contributed by atoms with van der Waals surface area (Å²) >= 11 is 1.19. The fourth-order valence-corrected chi connectivity index (χ4v) is 2.47. The Morgan fingerprint density at radius 2 is 2.00 bits per heavy atom. The zero-order chi connectivity index (χ0) is 13.8. The fraction of sp³-hybridized carbons (Fsp3) is 0.0714. The predicted octanol–water partition coefficient (Wildman–Crippen LogP) is 3.52. The maximum Gasteiger partial charge on any atom is 0.335 e. The van der Waals surface area contributed by atoms with Gasteiger partial charge < -0.3 is 10.2 Å². The molecule has 0 aromatic heterocycles. The van der Waals surface area contributed by atoms with Crippen LogP contribution in [0.5, 0.6) is 5.75 Å². The third kappa shape index (κ3) is 3.48. The summed E-state index contributed by atoms with van der Waals surface area (Å²) in [5.74, 6) is -0.929. The smallest absolute Gasteiger partial charge is 0.335 e. The van der Waals surface area contributed by atoms with E-state index in [2.05, 4.69) is 0 Å². The summed E-state index contributed by atoms with van der Waals surface area (Å²) in [6, 6.07) is 10.3. The second-order valence-corrected chi connectivity index (χ2v) is 4.93. The molecule has 0 heterocycles. The number of carboxylic acid groups (broad SMARTS) is 1. The van der Waals surface area contributed by atoms with Crippen LogP contribution in [0.1, 0.15) is 15.9 Å². The minimum atomic E-state index is -1.08. The van der Waals surface area contributed by atoms with Crippen molar-refractivity contribution in [2.75, 3.05) is 0 Å². The average molecular weight is 278 g/mol. The van der Waals surface area contributed by atoms with Gasteiger partial charge in [0, 0.05) is 10.6 Å². The predicted molar refractivity (Wildman–Crippen MR) is 71.0 cm³/mol. The molecule has 2 aromatic rings. The number of phenols is 1. The molecule has 3 nitrogen and oxygen atoms in total. The van der Waals surface area contributed by atoms with Crippen LogP contribution < -0.4 is 0 Å². The molecule has 98 valence electrons. The molecule has 0 unspecified atom stereocenters. The Balaban J connectivity index is 2.15. The number of aromatic carboxylic acids is 1. The summed E-state index contributed by atoms with van der Waals surface area (Å²) in [4.78, 5) is 11.1. The lowest BCUT2D eigenvalue weighted by Crippen LogP contribution is -1.97. The van der Waals surface area contributed by atoms with E-state index in [0.717, 1.165) is 11.6 Å². The standard InChI is InChI=1S/C14H11FO3S/c15-12-5-4-10(14(17)18)7-13(12)19-8-9-2-1-3-11(16)6-9/h1-7,16H,8H2,(H,17,18). The lowest BCUT2D eigenvalue weighted by atomic mass is 10.2. The van der Waals surface area contributed by atoms with Gasteiger partial charge in [-0.05, 0) is 35.9 Å². The first-order chi connectivity index (χ1) is 9.06. The van der Waals surface area contributed by atoms with Crippen molar-refractivity contribution in [3.05, 3.63) is 59.4 Å². The SMILES string of the molecule is O=C(O)c1ccc(F)c(SCc2cccc(O)c2)c1. The lowest BCUT2D eigenvalue weighted by molar-refractivity contribution is 0.0696. The van der Waals surface area contributed by atoms with Crippen LogP contribution in [0.15, 0.2) is 47.4 Å². The van der Waals surface area contributed by atoms with E-state index in [1.807, 2.05) is 6.07 Å². The van der Waals surface area contributed by atoms with Crippen LogP contribution >= 0.6 is 11.8 Å². The van der Waals surface area contributed by atoms with Gasteiger partial charge in [-0.1, -0.05) is 12.1 Å². The van der Waals surface area contributed by atoms with Crippen molar-refractivity contribution >= 4 is 17.7 Å². The maximum absolute atomic E-state index is 13.6. The van der Waals surface area contributed by atoms with Crippen LogP contribution in [0.25, 0.3) is 0 Å². The number of carbonyl (C=O) groups is 1. The Kier molecular flexibility index (Phi) is 4.06. The van der Waals surface area contributed by atoms with Gasteiger partial charge in [-0.25, -0.2) is 9.18 Å². The minimum absolute atomic E-state index is 0.0554. The van der Waals surface area contributed by atoms with Crippen LogP contribution in [0.4, 0.5) is 4.39 Å². The Labute approximate surface area is 113 Å². The summed E-state index contributed by atoms with van der Waals surface area (Å²) < 4.78 is 13.6. The number of thioether (sulfide) groups is 1.